The molecular weight excluding hydrogens is 284 g/mol. The number of hydrazine groups is 1. The lowest BCUT2D eigenvalue weighted by Gasteiger charge is -2.20. The van der Waals surface area contributed by atoms with E-state index < -0.39 is 0 Å². The summed E-state index contributed by atoms with van der Waals surface area (Å²) < 4.78 is 1.87. The second kappa shape index (κ2) is 5.85. The second-order valence-electron chi connectivity index (χ2n) is 4.86. The molecule has 0 saturated carbocycles. The lowest BCUT2D eigenvalue weighted by Crippen LogP contribution is -2.31. The molecule has 1 atom stereocenters. The quantitative estimate of drug-likeness (QED) is 0.574. The van der Waals surface area contributed by atoms with Crippen LogP contribution in [0.25, 0.3) is 10.8 Å². The third-order valence-corrected chi connectivity index (χ3v) is 4.00. The van der Waals surface area contributed by atoms with Crippen molar-refractivity contribution in [3.05, 3.63) is 64.9 Å². The Balaban J connectivity index is 2.21. The van der Waals surface area contributed by atoms with Gasteiger partial charge in [0.05, 0.1) is 23.0 Å². The molecule has 1 aromatic heterocycles. The van der Waals surface area contributed by atoms with E-state index in [0.717, 1.165) is 23.2 Å². The molecular formula is C16H17ClN4. The second-order valence-corrected chi connectivity index (χ2v) is 5.27. The summed E-state index contributed by atoms with van der Waals surface area (Å²) in [6.07, 6.45) is 1.66. The van der Waals surface area contributed by atoms with Crippen LogP contribution in [0.1, 0.15) is 24.2 Å². The Morgan fingerprint density at radius 2 is 2.00 bits per heavy atom. The average molecular weight is 301 g/mol. The van der Waals surface area contributed by atoms with E-state index in [2.05, 4.69) is 34.8 Å². The maximum atomic E-state index is 6.32. The molecule has 0 amide bonds. The Labute approximate surface area is 128 Å². The molecule has 21 heavy (non-hydrogen) atoms. The van der Waals surface area contributed by atoms with Crippen molar-refractivity contribution < 1.29 is 0 Å². The molecule has 4 nitrogen and oxygen atoms in total. The first-order chi connectivity index (χ1) is 10.3. The van der Waals surface area contributed by atoms with Gasteiger partial charge in [0.25, 0.3) is 0 Å². The van der Waals surface area contributed by atoms with Gasteiger partial charge in [0.1, 0.15) is 0 Å². The third-order valence-electron chi connectivity index (χ3n) is 3.71. The number of nitrogens with one attached hydrogen (secondary N) is 1. The van der Waals surface area contributed by atoms with Crippen molar-refractivity contribution >= 4 is 22.4 Å². The van der Waals surface area contributed by atoms with E-state index in [-0.39, 0.29) is 6.04 Å². The van der Waals surface area contributed by atoms with E-state index in [1.807, 2.05) is 29.8 Å². The number of hydrogen-bond donors (Lipinski definition) is 2. The summed E-state index contributed by atoms with van der Waals surface area (Å²) >= 11 is 6.32. The molecule has 3 aromatic rings. The molecule has 0 aliphatic carbocycles. The van der Waals surface area contributed by atoms with Crippen LogP contribution in [0.3, 0.4) is 0 Å². The van der Waals surface area contributed by atoms with E-state index in [0.29, 0.717) is 5.02 Å². The summed E-state index contributed by atoms with van der Waals surface area (Å²) in [5.74, 6) is 5.83. The van der Waals surface area contributed by atoms with E-state index >= 15 is 0 Å². The molecule has 0 bridgehead atoms. The van der Waals surface area contributed by atoms with Gasteiger partial charge in [-0.2, -0.15) is 5.10 Å². The lowest BCUT2D eigenvalue weighted by molar-refractivity contribution is 0.545. The Kier molecular flexibility index (Phi) is 3.92. The Morgan fingerprint density at radius 1 is 1.24 bits per heavy atom. The fourth-order valence-corrected chi connectivity index (χ4v) is 2.98. The summed E-state index contributed by atoms with van der Waals surface area (Å²) in [5.41, 5.74) is 4.86. The van der Waals surface area contributed by atoms with Crippen molar-refractivity contribution in [1.29, 1.82) is 0 Å². The molecule has 0 spiro atoms. The number of rotatable bonds is 4. The highest BCUT2D eigenvalue weighted by atomic mass is 35.5. The standard InChI is InChI=1S/C16H17ClN4/c1-2-21-16(14(17)10-19-21)15(20-18)13-9-5-7-11-6-3-4-8-12(11)13/h3-10,15,20H,2,18H2,1H3. The number of aromatic nitrogens is 2. The van der Waals surface area contributed by atoms with Gasteiger partial charge in [0, 0.05) is 6.54 Å². The molecule has 0 fully saturated rings. The Bertz CT molecular complexity index is 761. The predicted octanol–water partition coefficient (Wildman–Crippen LogP) is 3.26. The smallest absolute Gasteiger partial charge is 0.0899 e. The Hall–Kier alpha value is -1.88. The first-order valence-electron chi connectivity index (χ1n) is 6.91. The minimum atomic E-state index is -0.203. The van der Waals surface area contributed by atoms with Gasteiger partial charge in [-0.3, -0.25) is 10.5 Å². The van der Waals surface area contributed by atoms with Crippen molar-refractivity contribution in [2.24, 2.45) is 5.84 Å². The number of nitrogens with zero attached hydrogens (tertiary/aromatic N) is 2. The minimum absolute atomic E-state index is 0.203. The maximum absolute atomic E-state index is 6.32. The molecule has 1 heterocycles. The number of aryl methyl sites for hydroxylation is 1. The summed E-state index contributed by atoms with van der Waals surface area (Å²) in [4.78, 5) is 0. The fraction of sp³-hybridized carbons (Fsp3) is 0.188. The molecule has 3 rings (SSSR count). The summed E-state index contributed by atoms with van der Waals surface area (Å²) in [5, 5.41) is 7.25. The van der Waals surface area contributed by atoms with E-state index in [1.165, 1.54) is 5.39 Å². The molecule has 0 aliphatic heterocycles. The van der Waals surface area contributed by atoms with Gasteiger partial charge in [0.2, 0.25) is 0 Å². The van der Waals surface area contributed by atoms with Crippen molar-refractivity contribution in [3.63, 3.8) is 0 Å². The largest absolute Gasteiger partial charge is 0.271 e. The molecule has 0 aliphatic rings. The zero-order chi connectivity index (χ0) is 14.8. The number of hydrogen-bond acceptors (Lipinski definition) is 3. The average Bonchev–Trinajstić information content (AvgIpc) is 2.90. The van der Waals surface area contributed by atoms with Gasteiger partial charge < -0.3 is 0 Å². The topological polar surface area (TPSA) is 55.9 Å². The van der Waals surface area contributed by atoms with Crippen molar-refractivity contribution in [3.8, 4) is 0 Å². The van der Waals surface area contributed by atoms with Crippen LogP contribution in [0.15, 0.2) is 48.7 Å². The van der Waals surface area contributed by atoms with Gasteiger partial charge in [-0.05, 0) is 23.3 Å². The molecule has 3 N–H and O–H groups in total. The van der Waals surface area contributed by atoms with Crippen molar-refractivity contribution in [2.75, 3.05) is 0 Å². The van der Waals surface area contributed by atoms with Crippen LogP contribution in [0.2, 0.25) is 5.02 Å². The normalized spacial score (nSPS) is 12.7. The van der Waals surface area contributed by atoms with Crippen LogP contribution >= 0.6 is 11.6 Å². The van der Waals surface area contributed by atoms with Crippen LogP contribution in [0.4, 0.5) is 0 Å². The van der Waals surface area contributed by atoms with E-state index in [9.17, 15) is 0 Å². The van der Waals surface area contributed by atoms with E-state index in [1.54, 1.807) is 6.20 Å². The monoisotopic (exact) mass is 300 g/mol. The molecule has 0 saturated heterocycles. The first kappa shape index (κ1) is 14.1. The highest BCUT2D eigenvalue weighted by molar-refractivity contribution is 6.31. The first-order valence-corrected chi connectivity index (χ1v) is 7.29. The maximum Gasteiger partial charge on any atom is 0.0899 e. The van der Waals surface area contributed by atoms with Crippen LogP contribution in [-0.2, 0) is 6.54 Å². The highest BCUT2D eigenvalue weighted by Crippen LogP contribution is 2.32. The summed E-state index contributed by atoms with van der Waals surface area (Å²) in [6.45, 7) is 2.77. The fourth-order valence-electron chi connectivity index (χ4n) is 2.73. The molecule has 108 valence electrons. The van der Waals surface area contributed by atoms with Crippen LogP contribution in [0, 0.1) is 0 Å². The minimum Gasteiger partial charge on any atom is -0.271 e. The summed E-state index contributed by atoms with van der Waals surface area (Å²) in [6, 6.07) is 14.2. The third kappa shape index (κ3) is 2.42. The highest BCUT2D eigenvalue weighted by Gasteiger charge is 2.22. The van der Waals surface area contributed by atoms with Gasteiger partial charge in [-0.1, -0.05) is 54.1 Å². The lowest BCUT2D eigenvalue weighted by atomic mass is 9.97. The van der Waals surface area contributed by atoms with E-state index in [4.69, 9.17) is 17.4 Å². The molecule has 2 aromatic carbocycles. The number of benzene rings is 2. The van der Waals surface area contributed by atoms with Crippen molar-refractivity contribution in [1.82, 2.24) is 15.2 Å². The number of fused-ring (bicyclic) bond motifs is 1. The van der Waals surface area contributed by atoms with Gasteiger partial charge in [0.15, 0.2) is 0 Å². The van der Waals surface area contributed by atoms with Crippen LogP contribution in [-0.4, -0.2) is 9.78 Å². The molecule has 0 radical (unpaired) electrons. The Morgan fingerprint density at radius 3 is 2.76 bits per heavy atom. The summed E-state index contributed by atoms with van der Waals surface area (Å²) in [7, 11) is 0. The zero-order valence-corrected chi connectivity index (χ0v) is 12.5. The predicted molar refractivity (Wildman–Crippen MR) is 86.0 cm³/mol. The number of halogens is 1. The number of nitrogens with two attached hydrogens (primary N) is 1. The van der Waals surface area contributed by atoms with Crippen LogP contribution < -0.4 is 11.3 Å². The molecule has 1 unspecified atom stereocenters. The SMILES string of the molecule is CCn1ncc(Cl)c1C(NN)c1cccc2ccccc12. The zero-order valence-electron chi connectivity index (χ0n) is 11.8. The van der Waals surface area contributed by atoms with Crippen molar-refractivity contribution in [2.45, 2.75) is 19.5 Å². The molecule has 5 heteroatoms. The van der Waals surface area contributed by atoms with Gasteiger partial charge in [-0.15, -0.1) is 0 Å². The van der Waals surface area contributed by atoms with Gasteiger partial charge in [-0.25, -0.2) is 5.43 Å². The van der Waals surface area contributed by atoms with Gasteiger partial charge >= 0.3 is 0 Å². The van der Waals surface area contributed by atoms with Crippen LogP contribution in [0.5, 0.6) is 0 Å².